The summed E-state index contributed by atoms with van der Waals surface area (Å²) in [6.07, 6.45) is 1.55. The van der Waals surface area contributed by atoms with Crippen molar-refractivity contribution in [3.8, 4) is 0 Å². The summed E-state index contributed by atoms with van der Waals surface area (Å²) in [4.78, 5) is 18.3. The second kappa shape index (κ2) is 4.78. The van der Waals surface area contributed by atoms with Gasteiger partial charge in [0.1, 0.15) is 0 Å². The Bertz CT molecular complexity index is 581. The second-order valence-electron chi connectivity index (χ2n) is 3.73. The number of rotatable bonds is 4. The first-order chi connectivity index (χ1) is 8.56. The lowest BCUT2D eigenvalue weighted by atomic mass is 10.3. The molecular formula is C10H11N5O3. The van der Waals surface area contributed by atoms with E-state index in [0.717, 1.165) is 5.56 Å². The Balaban J connectivity index is 2.16. The summed E-state index contributed by atoms with van der Waals surface area (Å²) in [6, 6.07) is 1.45. The average molecular weight is 249 g/mol. The lowest BCUT2D eigenvalue weighted by Gasteiger charge is -2.03. The molecule has 0 bridgehead atoms. The fourth-order valence-corrected chi connectivity index (χ4v) is 1.40. The molecule has 0 radical (unpaired) electrons. The quantitative estimate of drug-likeness (QED) is 0.647. The molecule has 0 aliphatic heterocycles. The van der Waals surface area contributed by atoms with Crippen molar-refractivity contribution in [2.24, 2.45) is 0 Å². The van der Waals surface area contributed by atoms with Crippen LogP contribution < -0.4 is 5.32 Å². The molecule has 0 aliphatic rings. The third-order valence-electron chi connectivity index (χ3n) is 2.18. The first-order valence-electron chi connectivity index (χ1n) is 5.20. The van der Waals surface area contributed by atoms with E-state index in [1.54, 1.807) is 20.0 Å². The molecule has 0 amide bonds. The molecule has 94 valence electrons. The summed E-state index contributed by atoms with van der Waals surface area (Å²) < 4.78 is 4.89. The van der Waals surface area contributed by atoms with Crippen LogP contribution in [0.25, 0.3) is 0 Å². The van der Waals surface area contributed by atoms with Crippen LogP contribution in [0.2, 0.25) is 0 Å². The van der Waals surface area contributed by atoms with E-state index >= 15 is 0 Å². The smallest absolute Gasteiger partial charge is 0.311 e. The van der Waals surface area contributed by atoms with E-state index in [-0.39, 0.29) is 18.1 Å². The van der Waals surface area contributed by atoms with Crippen molar-refractivity contribution < 1.29 is 9.45 Å². The van der Waals surface area contributed by atoms with Crippen molar-refractivity contribution >= 4 is 11.5 Å². The van der Waals surface area contributed by atoms with Crippen LogP contribution in [-0.4, -0.2) is 20.0 Å². The summed E-state index contributed by atoms with van der Waals surface area (Å²) in [7, 11) is 0. The van der Waals surface area contributed by atoms with Crippen LogP contribution in [0.1, 0.15) is 17.3 Å². The van der Waals surface area contributed by atoms with Crippen molar-refractivity contribution in [2.45, 2.75) is 20.4 Å². The van der Waals surface area contributed by atoms with E-state index in [1.807, 2.05) is 0 Å². The van der Waals surface area contributed by atoms with Crippen LogP contribution >= 0.6 is 0 Å². The van der Waals surface area contributed by atoms with Gasteiger partial charge in [-0.3, -0.25) is 10.1 Å². The van der Waals surface area contributed by atoms with E-state index in [9.17, 15) is 10.1 Å². The van der Waals surface area contributed by atoms with Gasteiger partial charge in [0.15, 0.2) is 5.82 Å². The molecule has 2 heterocycles. The Kier molecular flexibility index (Phi) is 3.18. The van der Waals surface area contributed by atoms with Gasteiger partial charge < -0.3 is 9.84 Å². The number of anilines is 1. The Labute approximate surface area is 102 Å². The molecule has 0 saturated carbocycles. The molecular weight excluding hydrogens is 238 g/mol. The van der Waals surface area contributed by atoms with Crippen molar-refractivity contribution in [1.82, 2.24) is 15.1 Å². The molecule has 2 rings (SSSR count). The lowest BCUT2D eigenvalue weighted by Crippen LogP contribution is -2.05. The molecule has 0 fully saturated rings. The van der Waals surface area contributed by atoms with Gasteiger partial charge in [-0.2, -0.15) is 4.98 Å². The number of nitrogens with zero attached hydrogens (tertiary/aromatic N) is 4. The Morgan fingerprint density at radius 2 is 2.28 bits per heavy atom. The van der Waals surface area contributed by atoms with Crippen molar-refractivity contribution in [1.29, 1.82) is 0 Å². The number of nitrogens with one attached hydrogen (secondary N) is 1. The molecule has 2 aromatic rings. The zero-order valence-electron chi connectivity index (χ0n) is 9.88. The molecule has 0 aliphatic carbocycles. The number of aryl methyl sites for hydroxylation is 2. The molecule has 0 spiro atoms. The Hall–Kier alpha value is -2.51. The molecule has 0 aromatic carbocycles. The lowest BCUT2D eigenvalue weighted by molar-refractivity contribution is -0.384. The summed E-state index contributed by atoms with van der Waals surface area (Å²) in [5, 5.41) is 17.3. The fraction of sp³-hybridized carbons (Fsp3) is 0.300. The SMILES string of the molecule is Cc1cnc(NCc2nc(C)no2)c([N+](=O)[O-])c1. The van der Waals surface area contributed by atoms with Crippen LogP contribution in [0.5, 0.6) is 0 Å². The topological polar surface area (TPSA) is 107 Å². The maximum Gasteiger partial charge on any atom is 0.311 e. The van der Waals surface area contributed by atoms with Crippen molar-refractivity contribution in [2.75, 3.05) is 5.32 Å². The number of hydrogen-bond acceptors (Lipinski definition) is 7. The molecule has 8 nitrogen and oxygen atoms in total. The van der Waals surface area contributed by atoms with Crippen LogP contribution in [0, 0.1) is 24.0 Å². The highest BCUT2D eigenvalue weighted by Crippen LogP contribution is 2.22. The van der Waals surface area contributed by atoms with Crippen LogP contribution in [0.15, 0.2) is 16.8 Å². The highest BCUT2D eigenvalue weighted by molar-refractivity contribution is 5.56. The van der Waals surface area contributed by atoms with E-state index < -0.39 is 4.92 Å². The first kappa shape index (κ1) is 12.0. The summed E-state index contributed by atoms with van der Waals surface area (Å²) in [6.45, 7) is 3.63. The van der Waals surface area contributed by atoms with E-state index in [0.29, 0.717) is 11.7 Å². The van der Waals surface area contributed by atoms with E-state index in [1.165, 1.54) is 6.07 Å². The third kappa shape index (κ3) is 2.59. The minimum Gasteiger partial charge on any atom is -0.355 e. The summed E-state index contributed by atoms with van der Waals surface area (Å²) in [5.41, 5.74) is 0.645. The maximum atomic E-state index is 10.9. The summed E-state index contributed by atoms with van der Waals surface area (Å²) >= 11 is 0. The largest absolute Gasteiger partial charge is 0.355 e. The van der Waals surface area contributed by atoms with Gasteiger partial charge in [-0.1, -0.05) is 5.16 Å². The predicted octanol–water partition coefficient (Wildman–Crippen LogP) is 1.60. The molecule has 0 saturated heterocycles. The van der Waals surface area contributed by atoms with Gasteiger partial charge in [-0.25, -0.2) is 4.98 Å². The molecule has 2 aromatic heterocycles. The highest BCUT2D eigenvalue weighted by atomic mass is 16.6. The average Bonchev–Trinajstić information content (AvgIpc) is 2.73. The minimum atomic E-state index is -0.485. The monoisotopic (exact) mass is 249 g/mol. The van der Waals surface area contributed by atoms with Gasteiger partial charge in [0.2, 0.25) is 11.7 Å². The molecule has 18 heavy (non-hydrogen) atoms. The number of aromatic nitrogens is 3. The normalized spacial score (nSPS) is 10.3. The first-order valence-corrected chi connectivity index (χ1v) is 5.20. The van der Waals surface area contributed by atoms with Gasteiger partial charge >= 0.3 is 5.69 Å². The summed E-state index contributed by atoms with van der Waals surface area (Å²) in [5.74, 6) is 1.05. The van der Waals surface area contributed by atoms with E-state index in [4.69, 9.17) is 4.52 Å². The number of nitro groups is 1. The zero-order valence-corrected chi connectivity index (χ0v) is 9.88. The van der Waals surface area contributed by atoms with Crippen LogP contribution in [0.4, 0.5) is 11.5 Å². The van der Waals surface area contributed by atoms with Gasteiger partial charge in [0.05, 0.1) is 11.5 Å². The van der Waals surface area contributed by atoms with Crippen molar-refractivity contribution in [3.63, 3.8) is 0 Å². The van der Waals surface area contributed by atoms with Crippen molar-refractivity contribution in [3.05, 3.63) is 39.7 Å². The third-order valence-corrected chi connectivity index (χ3v) is 2.18. The maximum absolute atomic E-state index is 10.9. The minimum absolute atomic E-state index is 0.0776. The van der Waals surface area contributed by atoms with Gasteiger partial charge in [-0.15, -0.1) is 0 Å². The highest BCUT2D eigenvalue weighted by Gasteiger charge is 2.15. The molecule has 1 N–H and O–H groups in total. The molecule has 0 atom stereocenters. The second-order valence-corrected chi connectivity index (χ2v) is 3.73. The van der Waals surface area contributed by atoms with Gasteiger partial charge in [0.25, 0.3) is 0 Å². The number of pyridine rings is 1. The zero-order chi connectivity index (χ0) is 13.1. The Morgan fingerprint density at radius 1 is 1.50 bits per heavy atom. The standard InChI is InChI=1S/C10H11N5O3/c1-6-3-8(15(16)17)10(11-4-6)12-5-9-13-7(2)14-18-9/h3-4H,5H2,1-2H3,(H,11,12). The Morgan fingerprint density at radius 3 is 2.89 bits per heavy atom. The number of hydrogen-bond donors (Lipinski definition) is 1. The molecule has 0 unspecified atom stereocenters. The van der Waals surface area contributed by atoms with Gasteiger partial charge in [-0.05, 0) is 19.4 Å². The van der Waals surface area contributed by atoms with E-state index in [2.05, 4.69) is 20.4 Å². The van der Waals surface area contributed by atoms with Gasteiger partial charge in [0, 0.05) is 12.3 Å². The predicted molar refractivity (Wildman–Crippen MR) is 62.0 cm³/mol. The molecule has 8 heteroatoms. The van der Waals surface area contributed by atoms with Crippen LogP contribution in [-0.2, 0) is 6.54 Å². The fourth-order valence-electron chi connectivity index (χ4n) is 1.40. The van der Waals surface area contributed by atoms with Crippen LogP contribution in [0.3, 0.4) is 0 Å².